The molecule has 1 aliphatic heterocycles. The van der Waals surface area contributed by atoms with Crippen LogP contribution in [-0.4, -0.2) is 66.0 Å². The molecule has 2 atom stereocenters. The van der Waals surface area contributed by atoms with Crippen molar-refractivity contribution in [2.75, 3.05) is 25.4 Å². The number of carbonyl (C=O) groups is 1. The fourth-order valence-corrected chi connectivity index (χ4v) is 4.76. The van der Waals surface area contributed by atoms with E-state index in [0.29, 0.717) is 23.7 Å². The summed E-state index contributed by atoms with van der Waals surface area (Å²) >= 11 is 5.97. The first-order chi connectivity index (χ1) is 13.2. The summed E-state index contributed by atoms with van der Waals surface area (Å²) in [6.45, 7) is 4.36. The molecule has 10 heteroatoms. The molecule has 1 aromatic carbocycles. The first-order valence-corrected chi connectivity index (χ1v) is 11.0. The fourth-order valence-electron chi connectivity index (χ4n) is 3.08. The van der Waals surface area contributed by atoms with Crippen molar-refractivity contribution >= 4 is 27.5 Å². The molecule has 1 amide bonds. The number of nitrogens with one attached hydrogen (secondary N) is 1. The minimum atomic E-state index is -3.47. The molecule has 1 N–H and O–H groups in total. The zero-order valence-corrected chi connectivity index (χ0v) is 17.3. The lowest BCUT2D eigenvalue weighted by molar-refractivity contribution is -0.0440. The van der Waals surface area contributed by atoms with E-state index in [1.54, 1.807) is 24.4 Å². The Balaban J connectivity index is 1.56. The molecule has 1 aliphatic rings. The second kappa shape index (κ2) is 8.60. The highest BCUT2D eigenvalue weighted by Gasteiger charge is 2.30. The third kappa shape index (κ3) is 5.11. The summed E-state index contributed by atoms with van der Waals surface area (Å²) < 4.78 is 33.5. The second-order valence-electron chi connectivity index (χ2n) is 6.80. The van der Waals surface area contributed by atoms with Crippen LogP contribution in [0.5, 0.6) is 0 Å². The number of carbonyl (C=O) groups excluding carboxylic acids is 1. The van der Waals surface area contributed by atoms with Gasteiger partial charge in [0.25, 0.3) is 5.91 Å². The number of rotatable bonds is 6. The van der Waals surface area contributed by atoms with Gasteiger partial charge < -0.3 is 10.1 Å². The van der Waals surface area contributed by atoms with E-state index >= 15 is 0 Å². The predicted molar refractivity (Wildman–Crippen MR) is 106 cm³/mol. The number of halogens is 1. The number of aromatic nitrogens is 2. The van der Waals surface area contributed by atoms with Crippen LogP contribution in [0.3, 0.4) is 0 Å². The van der Waals surface area contributed by atoms with Crippen LogP contribution in [0.25, 0.3) is 5.69 Å². The zero-order valence-electron chi connectivity index (χ0n) is 15.7. The van der Waals surface area contributed by atoms with Gasteiger partial charge in [-0.25, -0.2) is 13.1 Å². The van der Waals surface area contributed by atoms with Gasteiger partial charge in [-0.05, 0) is 32.0 Å². The molecule has 1 saturated heterocycles. The predicted octanol–water partition coefficient (Wildman–Crippen LogP) is 1.69. The van der Waals surface area contributed by atoms with Gasteiger partial charge in [-0.1, -0.05) is 17.7 Å². The Bertz CT molecular complexity index is 937. The summed E-state index contributed by atoms with van der Waals surface area (Å²) in [7, 11) is -3.47. The minimum absolute atomic E-state index is 0.0175. The molecule has 8 nitrogen and oxygen atoms in total. The van der Waals surface area contributed by atoms with Crippen LogP contribution in [0.2, 0.25) is 5.02 Å². The van der Waals surface area contributed by atoms with E-state index in [2.05, 4.69) is 10.4 Å². The number of amides is 1. The molecule has 2 heterocycles. The highest BCUT2D eigenvalue weighted by molar-refractivity contribution is 7.89. The van der Waals surface area contributed by atoms with Crippen molar-refractivity contribution in [3.05, 3.63) is 47.2 Å². The number of hydrogen-bond acceptors (Lipinski definition) is 5. The maximum atomic E-state index is 12.5. The molecular formula is C18H23ClN4O4S. The van der Waals surface area contributed by atoms with Crippen LogP contribution in [0.4, 0.5) is 0 Å². The van der Waals surface area contributed by atoms with Gasteiger partial charge in [-0.3, -0.25) is 4.79 Å². The van der Waals surface area contributed by atoms with Gasteiger partial charge in [0.2, 0.25) is 10.0 Å². The van der Waals surface area contributed by atoms with E-state index in [9.17, 15) is 13.2 Å². The number of sulfonamides is 1. The molecule has 0 saturated carbocycles. The molecule has 0 aliphatic carbocycles. The Morgan fingerprint density at radius 3 is 2.71 bits per heavy atom. The molecule has 2 unspecified atom stereocenters. The Kier molecular flexibility index (Phi) is 6.39. The number of benzene rings is 1. The Hall–Kier alpha value is -1.94. The monoisotopic (exact) mass is 426 g/mol. The van der Waals surface area contributed by atoms with Crippen LogP contribution >= 0.6 is 11.6 Å². The van der Waals surface area contributed by atoms with Gasteiger partial charge in [0.05, 0.1) is 35.4 Å². The fraction of sp³-hybridized carbons (Fsp3) is 0.444. The molecule has 0 radical (unpaired) electrons. The summed E-state index contributed by atoms with van der Waals surface area (Å²) in [6.07, 6.45) is 2.70. The van der Waals surface area contributed by atoms with Crippen molar-refractivity contribution in [1.29, 1.82) is 0 Å². The van der Waals surface area contributed by atoms with Crippen molar-refractivity contribution in [3.63, 3.8) is 0 Å². The molecular weight excluding hydrogens is 404 g/mol. The lowest BCUT2D eigenvalue weighted by atomic mass is 10.3. The number of nitrogens with zero attached hydrogens (tertiary/aromatic N) is 3. The average Bonchev–Trinajstić information content (AvgIpc) is 3.11. The minimum Gasteiger partial charge on any atom is -0.373 e. The van der Waals surface area contributed by atoms with Crippen molar-refractivity contribution < 1.29 is 17.9 Å². The molecule has 2 aromatic rings. The average molecular weight is 427 g/mol. The maximum absolute atomic E-state index is 12.5. The Morgan fingerprint density at radius 1 is 1.32 bits per heavy atom. The van der Waals surface area contributed by atoms with Crippen molar-refractivity contribution in [2.24, 2.45) is 0 Å². The largest absolute Gasteiger partial charge is 0.373 e. The summed E-state index contributed by atoms with van der Waals surface area (Å²) in [5.74, 6) is -0.548. The third-order valence-corrected chi connectivity index (χ3v) is 6.38. The molecule has 1 fully saturated rings. The molecule has 0 bridgehead atoms. The summed E-state index contributed by atoms with van der Waals surface area (Å²) in [5, 5.41) is 7.36. The summed E-state index contributed by atoms with van der Waals surface area (Å²) in [5.41, 5.74) is 1.07. The van der Waals surface area contributed by atoms with Crippen LogP contribution < -0.4 is 5.32 Å². The van der Waals surface area contributed by atoms with Gasteiger partial charge in [0, 0.05) is 30.9 Å². The Labute approximate surface area is 169 Å². The number of morpholine rings is 1. The van der Waals surface area contributed by atoms with Crippen LogP contribution in [0.1, 0.15) is 24.2 Å². The number of ether oxygens (including phenoxy) is 1. The molecule has 0 spiro atoms. The Morgan fingerprint density at radius 2 is 2.04 bits per heavy atom. The van der Waals surface area contributed by atoms with Gasteiger partial charge in [0.15, 0.2) is 0 Å². The first-order valence-electron chi connectivity index (χ1n) is 8.97. The van der Waals surface area contributed by atoms with Gasteiger partial charge in [-0.15, -0.1) is 0 Å². The van der Waals surface area contributed by atoms with E-state index in [0.717, 1.165) is 5.69 Å². The van der Waals surface area contributed by atoms with E-state index in [1.807, 2.05) is 19.9 Å². The topological polar surface area (TPSA) is 93.5 Å². The van der Waals surface area contributed by atoms with Gasteiger partial charge >= 0.3 is 0 Å². The lowest BCUT2D eigenvalue weighted by Crippen LogP contribution is -2.49. The standard InChI is InChI=1S/C18H23ClN4O4S/c1-13-10-22(11-14(2)27-13)28(25,26)7-6-20-18(24)15-9-21-23(12-15)17-5-3-4-16(19)8-17/h3-5,8-9,12-14H,6-7,10-11H2,1-2H3,(H,20,24). The molecule has 1 aromatic heterocycles. The molecule has 152 valence electrons. The normalized spacial score (nSPS) is 20.8. The smallest absolute Gasteiger partial charge is 0.254 e. The van der Waals surface area contributed by atoms with Crippen LogP contribution in [0.15, 0.2) is 36.7 Å². The molecule has 28 heavy (non-hydrogen) atoms. The van der Waals surface area contributed by atoms with Crippen molar-refractivity contribution in [3.8, 4) is 5.69 Å². The van der Waals surface area contributed by atoms with Crippen molar-refractivity contribution in [1.82, 2.24) is 19.4 Å². The molecule has 3 rings (SSSR count). The van der Waals surface area contributed by atoms with E-state index in [1.165, 1.54) is 15.2 Å². The first kappa shape index (κ1) is 20.8. The zero-order chi connectivity index (χ0) is 20.3. The highest BCUT2D eigenvalue weighted by atomic mass is 35.5. The van der Waals surface area contributed by atoms with Crippen LogP contribution in [-0.2, 0) is 14.8 Å². The second-order valence-corrected chi connectivity index (χ2v) is 9.32. The quantitative estimate of drug-likeness (QED) is 0.758. The lowest BCUT2D eigenvalue weighted by Gasteiger charge is -2.34. The number of hydrogen-bond donors (Lipinski definition) is 1. The highest BCUT2D eigenvalue weighted by Crippen LogP contribution is 2.16. The van der Waals surface area contributed by atoms with E-state index < -0.39 is 10.0 Å². The maximum Gasteiger partial charge on any atom is 0.254 e. The van der Waals surface area contributed by atoms with Gasteiger partial charge in [0.1, 0.15) is 0 Å². The van der Waals surface area contributed by atoms with E-state index in [-0.39, 0.29) is 30.4 Å². The van der Waals surface area contributed by atoms with E-state index in [4.69, 9.17) is 16.3 Å². The summed E-state index contributed by atoms with van der Waals surface area (Å²) in [6, 6.07) is 7.08. The summed E-state index contributed by atoms with van der Waals surface area (Å²) in [4.78, 5) is 12.3. The SMILES string of the molecule is CC1CN(S(=O)(=O)CCNC(=O)c2cnn(-c3cccc(Cl)c3)c2)CC(C)O1. The van der Waals surface area contributed by atoms with Gasteiger partial charge in [-0.2, -0.15) is 9.40 Å². The third-order valence-electron chi connectivity index (χ3n) is 4.34. The van der Waals surface area contributed by atoms with Crippen molar-refractivity contribution in [2.45, 2.75) is 26.1 Å². The van der Waals surface area contributed by atoms with Crippen LogP contribution in [0, 0.1) is 0 Å².